The number of nitrogens with zero attached hydrogens (tertiary/aromatic N) is 1. The van der Waals surface area contributed by atoms with E-state index in [1.165, 1.54) is 6.42 Å². The Morgan fingerprint density at radius 3 is 2.57 bits per heavy atom. The molecule has 0 bridgehead atoms. The third kappa shape index (κ3) is 5.74. The number of benzene rings is 2. The standard InChI is InChI=1S/C22H27N3O3/c1-17-6-5-14-25(16-17)21(26)18-9-11-19(12-10-18)24-22(27)23-13-15-28-20-7-3-2-4-8-20/h2-4,7-12,17H,5-6,13-16H2,1H3,(H2,23,24,27). The summed E-state index contributed by atoms with van der Waals surface area (Å²) in [4.78, 5) is 26.5. The van der Waals surface area contributed by atoms with Gasteiger partial charge in [-0.2, -0.15) is 0 Å². The molecule has 0 radical (unpaired) electrons. The van der Waals surface area contributed by atoms with Crippen molar-refractivity contribution in [1.29, 1.82) is 0 Å². The third-order valence-corrected chi connectivity index (χ3v) is 4.73. The van der Waals surface area contributed by atoms with E-state index in [1.54, 1.807) is 24.3 Å². The maximum absolute atomic E-state index is 12.6. The summed E-state index contributed by atoms with van der Waals surface area (Å²) in [5.74, 6) is 1.38. The van der Waals surface area contributed by atoms with E-state index >= 15 is 0 Å². The molecule has 6 nitrogen and oxygen atoms in total. The van der Waals surface area contributed by atoms with Crippen molar-refractivity contribution in [3.05, 3.63) is 60.2 Å². The molecule has 1 fully saturated rings. The zero-order valence-corrected chi connectivity index (χ0v) is 16.2. The first-order chi connectivity index (χ1) is 13.6. The molecule has 0 aliphatic carbocycles. The summed E-state index contributed by atoms with van der Waals surface area (Å²) in [5.41, 5.74) is 1.29. The smallest absolute Gasteiger partial charge is 0.319 e. The fraction of sp³-hybridized carbons (Fsp3) is 0.364. The van der Waals surface area contributed by atoms with Gasteiger partial charge in [0.25, 0.3) is 5.91 Å². The first-order valence-corrected chi connectivity index (χ1v) is 9.74. The van der Waals surface area contributed by atoms with Crippen LogP contribution in [0.4, 0.5) is 10.5 Å². The number of rotatable bonds is 6. The van der Waals surface area contributed by atoms with Crippen LogP contribution in [0.2, 0.25) is 0 Å². The molecule has 3 rings (SSSR count). The van der Waals surface area contributed by atoms with E-state index in [0.717, 1.165) is 25.3 Å². The summed E-state index contributed by atoms with van der Waals surface area (Å²) in [6.07, 6.45) is 2.23. The zero-order chi connectivity index (χ0) is 19.8. The fourth-order valence-electron chi connectivity index (χ4n) is 3.28. The second-order valence-electron chi connectivity index (χ2n) is 7.12. The van der Waals surface area contributed by atoms with Gasteiger partial charge in [-0.3, -0.25) is 4.79 Å². The third-order valence-electron chi connectivity index (χ3n) is 4.73. The molecule has 0 aromatic heterocycles. The van der Waals surface area contributed by atoms with Crippen LogP contribution in [-0.2, 0) is 0 Å². The molecule has 1 aliphatic rings. The average molecular weight is 381 g/mol. The van der Waals surface area contributed by atoms with E-state index < -0.39 is 0 Å². The molecule has 3 amide bonds. The van der Waals surface area contributed by atoms with Gasteiger partial charge in [-0.25, -0.2) is 4.79 Å². The van der Waals surface area contributed by atoms with Crippen molar-refractivity contribution in [2.24, 2.45) is 5.92 Å². The Bertz CT molecular complexity index is 777. The van der Waals surface area contributed by atoms with Gasteiger partial charge in [0, 0.05) is 24.3 Å². The van der Waals surface area contributed by atoms with Gasteiger partial charge < -0.3 is 20.3 Å². The molecule has 0 spiro atoms. The predicted octanol–water partition coefficient (Wildman–Crippen LogP) is 3.76. The molecule has 2 aromatic rings. The van der Waals surface area contributed by atoms with E-state index in [0.29, 0.717) is 30.3 Å². The Kier molecular flexibility index (Phi) is 6.89. The van der Waals surface area contributed by atoms with Gasteiger partial charge in [0.1, 0.15) is 12.4 Å². The highest BCUT2D eigenvalue weighted by Crippen LogP contribution is 2.19. The van der Waals surface area contributed by atoms with Crippen molar-refractivity contribution >= 4 is 17.6 Å². The van der Waals surface area contributed by atoms with Crippen LogP contribution in [0.15, 0.2) is 54.6 Å². The number of amides is 3. The summed E-state index contributed by atoms with van der Waals surface area (Å²) in [6.45, 7) is 4.59. The van der Waals surface area contributed by atoms with Crippen LogP contribution < -0.4 is 15.4 Å². The molecular formula is C22H27N3O3. The number of ether oxygens (including phenoxy) is 1. The molecule has 28 heavy (non-hydrogen) atoms. The lowest BCUT2D eigenvalue weighted by molar-refractivity contribution is 0.0683. The van der Waals surface area contributed by atoms with Gasteiger partial charge in [-0.05, 0) is 55.2 Å². The fourth-order valence-corrected chi connectivity index (χ4v) is 3.28. The Balaban J connectivity index is 1.42. The first kappa shape index (κ1) is 19.7. The largest absolute Gasteiger partial charge is 0.492 e. The molecule has 1 unspecified atom stereocenters. The van der Waals surface area contributed by atoms with Crippen LogP contribution in [0.5, 0.6) is 5.75 Å². The zero-order valence-electron chi connectivity index (χ0n) is 16.2. The van der Waals surface area contributed by atoms with Crippen molar-refractivity contribution in [2.45, 2.75) is 19.8 Å². The second kappa shape index (κ2) is 9.78. The maximum atomic E-state index is 12.6. The van der Waals surface area contributed by atoms with Crippen molar-refractivity contribution in [3.8, 4) is 5.75 Å². The summed E-state index contributed by atoms with van der Waals surface area (Å²) in [7, 11) is 0. The van der Waals surface area contributed by atoms with Crippen LogP contribution >= 0.6 is 0 Å². The normalized spacial score (nSPS) is 16.3. The summed E-state index contributed by atoms with van der Waals surface area (Å²) in [6, 6.07) is 16.2. The van der Waals surface area contributed by atoms with E-state index in [9.17, 15) is 9.59 Å². The molecule has 1 aliphatic heterocycles. The average Bonchev–Trinajstić information content (AvgIpc) is 2.72. The molecule has 0 saturated carbocycles. The monoisotopic (exact) mass is 381 g/mol. The number of hydrogen-bond acceptors (Lipinski definition) is 3. The SMILES string of the molecule is CC1CCCN(C(=O)c2ccc(NC(=O)NCCOc3ccccc3)cc2)C1. The summed E-state index contributed by atoms with van der Waals surface area (Å²) >= 11 is 0. The molecule has 6 heteroatoms. The topological polar surface area (TPSA) is 70.7 Å². The number of anilines is 1. The van der Waals surface area contributed by atoms with E-state index in [4.69, 9.17) is 4.74 Å². The number of piperidine rings is 1. The number of urea groups is 1. The van der Waals surface area contributed by atoms with Crippen LogP contribution in [-0.4, -0.2) is 43.1 Å². The summed E-state index contributed by atoms with van der Waals surface area (Å²) in [5, 5.41) is 5.51. The van der Waals surface area contributed by atoms with Gasteiger partial charge in [-0.1, -0.05) is 25.1 Å². The van der Waals surface area contributed by atoms with Crippen molar-refractivity contribution < 1.29 is 14.3 Å². The van der Waals surface area contributed by atoms with E-state index in [2.05, 4.69) is 17.6 Å². The molecule has 2 aromatic carbocycles. The summed E-state index contributed by atoms with van der Waals surface area (Å²) < 4.78 is 5.53. The minimum atomic E-state index is -0.305. The van der Waals surface area contributed by atoms with Gasteiger partial charge in [-0.15, -0.1) is 0 Å². The highest BCUT2D eigenvalue weighted by atomic mass is 16.5. The lowest BCUT2D eigenvalue weighted by Gasteiger charge is -2.31. The van der Waals surface area contributed by atoms with Crippen LogP contribution in [0.3, 0.4) is 0 Å². The van der Waals surface area contributed by atoms with Gasteiger partial charge in [0.05, 0.1) is 6.54 Å². The second-order valence-corrected chi connectivity index (χ2v) is 7.12. The highest BCUT2D eigenvalue weighted by Gasteiger charge is 2.21. The number of hydrogen-bond donors (Lipinski definition) is 2. The first-order valence-electron chi connectivity index (χ1n) is 9.74. The number of carbonyl (C=O) groups is 2. The quantitative estimate of drug-likeness (QED) is 0.749. The van der Waals surface area contributed by atoms with Crippen molar-refractivity contribution in [3.63, 3.8) is 0 Å². The Morgan fingerprint density at radius 2 is 1.86 bits per heavy atom. The number of likely N-dealkylation sites (tertiary alicyclic amines) is 1. The van der Waals surface area contributed by atoms with E-state index in [1.807, 2.05) is 35.2 Å². The molecule has 1 atom stereocenters. The van der Waals surface area contributed by atoms with Crippen molar-refractivity contribution in [2.75, 3.05) is 31.6 Å². The Hall–Kier alpha value is -3.02. The van der Waals surface area contributed by atoms with Gasteiger partial charge in [0.15, 0.2) is 0 Å². The van der Waals surface area contributed by atoms with E-state index in [-0.39, 0.29) is 11.9 Å². The molecular weight excluding hydrogens is 354 g/mol. The van der Waals surface area contributed by atoms with Gasteiger partial charge >= 0.3 is 6.03 Å². The minimum absolute atomic E-state index is 0.0561. The lowest BCUT2D eigenvalue weighted by Crippen LogP contribution is -2.39. The Labute approximate surface area is 165 Å². The molecule has 1 heterocycles. The van der Waals surface area contributed by atoms with Crippen LogP contribution in [0, 0.1) is 5.92 Å². The molecule has 1 saturated heterocycles. The molecule has 148 valence electrons. The lowest BCUT2D eigenvalue weighted by atomic mass is 9.99. The number of para-hydroxylation sites is 1. The van der Waals surface area contributed by atoms with Gasteiger partial charge in [0.2, 0.25) is 0 Å². The Morgan fingerprint density at radius 1 is 1.11 bits per heavy atom. The van der Waals surface area contributed by atoms with Crippen LogP contribution in [0.25, 0.3) is 0 Å². The minimum Gasteiger partial charge on any atom is -0.492 e. The van der Waals surface area contributed by atoms with Crippen LogP contribution in [0.1, 0.15) is 30.1 Å². The van der Waals surface area contributed by atoms with Crippen molar-refractivity contribution in [1.82, 2.24) is 10.2 Å². The molecule has 2 N–H and O–H groups in total. The number of nitrogens with one attached hydrogen (secondary N) is 2. The predicted molar refractivity (Wildman–Crippen MR) is 110 cm³/mol. The maximum Gasteiger partial charge on any atom is 0.319 e. The number of carbonyl (C=O) groups excluding carboxylic acids is 2. The highest BCUT2D eigenvalue weighted by molar-refractivity contribution is 5.95.